The zero-order valence-corrected chi connectivity index (χ0v) is 12.9. The maximum atomic E-state index is 11.8. The summed E-state index contributed by atoms with van der Waals surface area (Å²) in [5, 5.41) is 6.09. The number of furan rings is 1. The fraction of sp³-hybridized carbons (Fsp3) is 0.125. The quantitative estimate of drug-likeness (QED) is 0.743. The molecule has 3 rings (SSSR count). The Morgan fingerprint density at radius 3 is 3.05 bits per heavy atom. The summed E-state index contributed by atoms with van der Waals surface area (Å²) in [6, 6.07) is 7.50. The predicted octanol–water partition coefficient (Wildman–Crippen LogP) is 3.86. The van der Waals surface area contributed by atoms with Gasteiger partial charge in [-0.15, -0.1) is 11.3 Å². The molecule has 6 heteroatoms. The number of benzene rings is 1. The van der Waals surface area contributed by atoms with Crippen molar-refractivity contribution in [1.82, 2.24) is 4.98 Å². The summed E-state index contributed by atoms with van der Waals surface area (Å²) in [5.74, 6) is 1.01. The van der Waals surface area contributed by atoms with E-state index in [1.807, 2.05) is 36.6 Å². The summed E-state index contributed by atoms with van der Waals surface area (Å²) in [7, 11) is 1.59. The van der Waals surface area contributed by atoms with Crippen LogP contribution in [0.5, 0.6) is 5.75 Å². The van der Waals surface area contributed by atoms with Gasteiger partial charge in [0, 0.05) is 16.8 Å². The van der Waals surface area contributed by atoms with Crippen molar-refractivity contribution >= 4 is 39.4 Å². The number of anilines is 1. The van der Waals surface area contributed by atoms with E-state index >= 15 is 0 Å². The van der Waals surface area contributed by atoms with Gasteiger partial charge >= 0.3 is 0 Å². The van der Waals surface area contributed by atoms with E-state index in [1.54, 1.807) is 13.2 Å². The van der Waals surface area contributed by atoms with Crippen LogP contribution in [0.25, 0.3) is 17.0 Å². The number of carbonyl (C=O) groups is 1. The molecule has 0 saturated heterocycles. The lowest BCUT2D eigenvalue weighted by Crippen LogP contribution is -2.07. The second-order valence-corrected chi connectivity index (χ2v) is 5.50. The molecule has 0 saturated carbocycles. The molecule has 0 spiro atoms. The SMILES string of the molecule is COc1cccc2cc(/C=C/C(=O)Nc3nc(C)cs3)oc12. The van der Waals surface area contributed by atoms with Gasteiger partial charge in [-0.25, -0.2) is 4.98 Å². The van der Waals surface area contributed by atoms with E-state index in [2.05, 4.69) is 10.3 Å². The number of aromatic nitrogens is 1. The molecular formula is C16H14N2O3S. The lowest BCUT2D eigenvalue weighted by molar-refractivity contribution is -0.111. The molecule has 0 aliphatic heterocycles. The van der Waals surface area contributed by atoms with E-state index in [1.165, 1.54) is 17.4 Å². The van der Waals surface area contributed by atoms with Crippen molar-refractivity contribution in [2.75, 3.05) is 12.4 Å². The average Bonchev–Trinajstić information content (AvgIpc) is 3.10. The van der Waals surface area contributed by atoms with Crippen LogP contribution in [0.2, 0.25) is 0 Å². The summed E-state index contributed by atoms with van der Waals surface area (Å²) in [4.78, 5) is 16.0. The number of amides is 1. The topological polar surface area (TPSA) is 64.4 Å². The number of fused-ring (bicyclic) bond motifs is 1. The highest BCUT2D eigenvalue weighted by molar-refractivity contribution is 7.13. The molecule has 0 unspecified atom stereocenters. The van der Waals surface area contributed by atoms with Crippen molar-refractivity contribution in [2.45, 2.75) is 6.92 Å². The van der Waals surface area contributed by atoms with Crippen LogP contribution >= 0.6 is 11.3 Å². The third-order valence-electron chi connectivity index (χ3n) is 3.00. The van der Waals surface area contributed by atoms with Gasteiger partial charge < -0.3 is 9.15 Å². The van der Waals surface area contributed by atoms with Gasteiger partial charge in [0.15, 0.2) is 16.5 Å². The highest BCUT2D eigenvalue weighted by Crippen LogP contribution is 2.28. The molecule has 22 heavy (non-hydrogen) atoms. The monoisotopic (exact) mass is 314 g/mol. The molecule has 0 bridgehead atoms. The van der Waals surface area contributed by atoms with Crippen molar-refractivity contribution in [3.05, 3.63) is 47.2 Å². The number of methoxy groups -OCH3 is 1. The number of nitrogens with zero attached hydrogens (tertiary/aromatic N) is 1. The Kier molecular flexibility index (Phi) is 3.93. The van der Waals surface area contributed by atoms with Crippen molar-refractivity contribution in [3.63, 3.8) is 0 Å². The van der Waals surface area contributed by atoms with Gasteiger partial charge in [0.05, 0.1) is 12.8 Å². The molecule has 3 aromatic rings. The Morgan fingerprint density at radius 1 is 1.45 bits per heavy atom. The number of hydrogen-bond donors (Lipinski definition) is 1. The van der Waals surface area contributed by atoms with Gasteiger partial charge in [0.1, 0.15) is 5.76 Å². The van der Waals surface area contributed by atoms with E-state index in [4.69, 9.17) is 9.15 Å². The Labute approximate surface area is 131 Å². The number of nitrogens with one attached hydrogen (secondary N) is 1. The number of hydrogen-bond acceptors (Lipinski definition) is 5. The molecule has 1 amide bonds. The average molecular weight is 314 g/mol. The van der Waals surface area contributed by atoms with Gasteiger partial charge in [-0.2, -0.15) is 0 Å². The van der Waals surface area contributed by atoms with Gasteiger partial charge in [0.2, 0.25) is 5.91 Å². The summed E-state index contributed by atoms with van der Waals surface area (Å²) >= 11 is 1.39. The summed E-state index contributed by atoms with van der Waals surface area (Å²) in [6.07, 6.45) is 3.04. The Balaban J connectivity index is 1.76. The first-order valence-electron chi connectivity index (χ1n) is 6.63. The molecule has 0 radical (unpaired) electrons. The van der Waals surface area contributed by atoms with E-state index in [-0.39, 0.29) is 5.91 Å². The number of aryl methyl sites for hydroxylation is 1. The van der Waals surface area contributed by atoms with Gasteiger partial charge in [-0.3, -0.25) is 10.1 Å². The Bertz CT molecular complexity index is 848. The number of ether oxygens (including phenoxy) is 1. The highest BCUT2D eigenvalue weighted by atomic mass is 32.1. The zero-order valence-electron chi connectivity index (χ0n) is 12.1. The van der Waals surface area contributed by atoms with Crippen LogP contribution in [0.3, 0.4) is 0 Å². The molecule has 1 N–H and O–H groups in total. The van der Waals surface area contributed by atoms with E-state index < -0.39 is 0 Å². The minimum Gasteiger partial charge on any atom is -0.493 e. The first kappa shape index (κ1) is 14.3. The molecule has 112 valence electrons. The number of rotatable bonds is 4. The van der Waals surface area contributed by atoms with E-state index in [9.17, 15) is 4.79 Å². The van der Waals surface area contributed by atoms with Crippen LogP contribution < -0.4 is 10.1 Å². The summed E-state index contributed by atoms with van der Waals surface area (Å²) < 4.78 is 10.9. The third-order valence-corrected chi connectivity index (χ3v) is 3.87. The first-order chi connectivity index (χ1) is 10.7. The fourth-order valence-corrected chi connectivity index (χ4v) is 2.71. The molecule has 0 aliphatic carbocycles. The molecule has 5 nitrogen and oxygen atoms in total. The molecule has 2 aromatic heterocycles. The third kappa shape index (κ3) is 3.01. The zero-order chi connectivity index (χ0) is 15.5. The standard InChI is InChI=1S/C16H14N2O3S/c1-10-9-22-16(17-10)18-14(19)7-6-12-8-11-4-3-5-13(20-2)15(11)21-12/h3-9H,1-2H3,(H,17,18,19)/b7-6+. The highest BCUT2D eigenvalue weighted by Gasteiger charge is 2.07. The van der Waals surface area contributed by atoms with E-state index in [0.717, 1.165) is 11.1 Å². The summed E-state index contributed by atoms with van der Waals surface area (Å²) in [6.45, 7) is 1.88. The molecule has 0 aliphatic rings. The first-order valence-corrected chi connectivity index (χ1v) is 7.51. The number of para-hydroxylation sites is 1. The molecule has 1 aromatic carbocycles. The van der Waals surface area contributed by atoms with Crippen LogP contribution in [0, 0.1) is 6.92 Å². The van der Waals surface area contributed by atoms with Gasteiger partial charge in [0.25, 0.3) is 0 Å². The van der Waals surface area contributed by atoms with Crippen LogP contribution in [0.15, 0.2) is 40.1 Å². The maximum absolute atomic E-state index is 11.8. The Morgan fingerprint density at radius 2 is 2.32 bits per heavy atom. The Hall–Kier alpha value is -2.60. The number of carbonyl (C=O) groups excluding carboxylic acids is 1. The van der Waals surface area contributed by atoms with Crippen LogP contribution in [0.1, 0.15) is 11.5 Å². The lowest BCUT2D eigenvalue weighted by atomic mass is 10.2. The van der Waals surface area contributed by atoms with Crippen molar-refractivity contribution in [3.8, 4) is 5.75 Å². The minimum absolute atomic E-state index is 0.248. The largest absolute Gasteiger partial charge is 0.493 e. The van der Waals surface area contributed by atoms with Crippen molar-refractivity contribution < 1.29 is 13.9 Å². The molecule has 0 fully saturated rings. The van der Waals surface area contributed by atoms with Crippen LogP contribution in [0.4, 0.5) is 5.13 Å². The van der Waals surface area contributed by atoms with Gasteiger partial charge in [-0.1, -0.05) is 12.1 Å². The molecule has 2 heterocycles. The van der Waals surface area contributed by atoms with Crippen molar-refractivity contribution in [1.29, 1.82) is 0 Å². The molecular weight excluding hydrogens is 300 g/mol. The van der Waals surface area contributed by atoms with E-state index in [0.29, 0.717) is 22.2 Å². The second-order valence-electron chi connectivity index (χ2n) is 4.64. The maximum Gasteiger partial charge on any atom is 0.250 e. The second kappa shape index (κ2) is 6.03. The number of thiazole rings is 1. The van der Waals surface area contributed by atoms with Crippen molar-refractivity contribution in [2.24, 2.45) is 0 Å². The predicted molar refractivity (Wildman–Crippen MR) is 87.3 cm³/mol. The normalized spacial score (nSPS) is 11.2. The smallest absolute Gasteiger partial charge is 0.250 e. The minimum atomic E-state index is -0.248. The molecule has 0 atom stereocenters. The fourth-order valence-electron chi connectivity index (χ4n) is 2.02. The lowest BCUT2D eigenvalue weighted by Gasteiger charge is -1.98. The summed E-state index contributed by atoms with van der Waals surface area (Å²) in [5.41, 5.74) is 1.55. The van der Waals surface area contributed by atoms with Crippen LogP contribution in [-0.4, -0.2) is 18.0 Å². The van der Waals surface area contributed by atoms with Crippen LogP contribution in [-0.2, 0) is 4.79 Å². The van der Waals surface area contributed by atoms with Gasteiger partial charge in [-0.05, 0) is 25.1 Å².